The van der Waals surface area contributed by atoms with Crippen molar-refractivity contribution < 1.29 is 9.59 Å². The predicted octanol–water partition coefficient (Wildman–Crippen LogP) is 4.20. The Kier molecular flexibility index (Phi) is 6.85. The van der Waals surface area contributed by atoms with Gasteiger partial charge in [0.15, 0.2) is 0 Å². The summed E-state index contributed by atoms with van der Waals surface area (Å²) < 4.78 is 0. The molecule has 2 amide bonds. The molecule has 25 heavy (non-hydrogen) atoms. The molecular formula is C19H20Cl2N2O2. The molecule has 2 aromatic rings. The Labute approximate surface area is 157 Å². The Balaban J connectivity index is 1.95. The van der Waals surface area contributed by atoms with Crippen molar-refractivity contribution in [2.75, 3.05) is 18.9 Å². The first-order valence-corrected chi connectivity index (χ1v) is 8.72. The van der Waals surface area contributed by atoms with Gasteiger partial charge in [-0.3, -0.25) is 9.59 Å². The van der Waals surface area contributed by atoms with Crippen LogP contribution in [0, 0.1) is 0 Å². The second-order valence-corrected chi connectivity index (χ2v) is 6.56. The van der Waals surface area contributed by atoms with E-state index in [1.807, 2.05) is 31.2 Å². The van der Waals surface area contributed by atoms with Crippen molar-refractivity contribution in [3.05, 3.63) is 63.6 Å². The van der Waals surface area contributed by atoms with Gasteiger partial charge in [0.1, 0.15) is 0 Å². The minimum Gasteiger partial charge on any atom is -0.336 e. The number of hydrogen-bond acceptors (Lipinski definition) is 2. The maximum absolute atomic E-state index is 12.3. The summed E-state index contributed by atoms with van der Waals surface area (Å²) >= 11 is 11.9. The maximum Gasteiger partial charge on any atom is 0.243 e. The number of carbonyl (C=O) groups excluding carboxylic acids is 2. The smallest absolute Gasteiger partial charge is 0.243 e. The van der Waals surface area contributed by atoms with Crippen LogP contribution in [0.25, 0.3) is 0 Å². The highest BCUT2D eigenvalue weighted by Gasteiger charge is 2.15. The number of nitrogens with zero attached hydrogens (tertiary/aromatic N) is 1. The minimum absolute atomic E-state index is 0.0257. The number of hydrogen-bond donors (Lipinski definition) is 1. The lowest BCUT2D eigenvalue weighted by Gasteiger charge is -2.18. The van der Waals surface area contributed by atoms with Crippen LogP contribution >= 0.6 is 23.2 Å². The Bertz CT molecular complexity index is 778. The zero-order valence-corrected chi connectivity index (χ0v) is 15.7. The number of halogens is 2. The van der Waals surface area contributed by atoms with Gasteiger partial charge >= 0.3 is 0 Å². The lowest BCUT2D eigenvalue weighted by molar-refractivity contribution is -0.132. The van der Waals surface area contributed by atoms with Crippen LogP contribution < -0.4 is 5.32 Å². The van der Waals surface area contributed by atoms with Gasteiger partial charge in [-0.25, -0.2) is 0 Å². The minimum atomic E-state index is -0.237. The van der Waals surface area contributed by atoms with Gasteiger partial charge in [0.25, 0.3) is 0 Å². The summed E-state index contributed by atoms with van der Waals surface area (Å²) in [6, 6.07) is 12.6. The summed E-state index contributed by atoms with van der Waals surface area (Å²) in [4.78, 5) is 25.9. The number of likely N-dealkylation sites (N-methyl/N-ethyl adjacent to an activating group) is 1. The number of aryl methyl sites for hydroxylation is 1. The van der Waals surface area contributed by atoms with Gasteiger partial charge < -0.3 is 10.2 Å². The van der Waals surface area contributed by atoms with E-state index in [9.17, 15) is 9.59 Å². The molecule has 0 aliphatic carbocycles. The monoisotopic (exact) mass is 378 g/mol. The van der Waals surface area contributed by atoms with Crippen LogP contribution in [0.3, 0.4) is 0 Å². The molecule has 4 nitrogen and oxygen atoms in total. The quantitative estimate of drug-likeness (QED) is 0.818. The lowest BCUT2D eigenvalue weighted by Crippen LogP contribution is -2.36. The van der Waals surface area contributed by atoms with E-state index in [1.54, 1.807) is 25.2 Å². The summed E-state index contributed by atoms with van der Waals surface area (Å²) in [5.74, 6) is -0.429. The second-order valence-electron chi connectivity index (χ2n) is 5.72. The van der Waals surface area contributed by atoms with E-state index >= 15 is 0 Å². The fourth-order valence-electron chi connectivity index (χ4n) is 2.41. The van der Waals surface area contributed by atoms with Gasteiger partial charge in [0.05, 0.1) is 13.0 Å². The third-order valence-corrected chi connectivity index (χ3v) is 4.42. The van der Waals surface area contributed by atoms with Gasteiger partial charge in [0.2, 0.25) is 11.8 Å². The van der Waals surface area contributed by atoms with Crippen LogP contribution in [0.15, 0.2) is 42.5 Å². The summed E-state index contributed by atoms with van der Waals surface area (Å²) in [6.07, 6.45) is 0.936. The Morgan fingerprint density at radius 2 is 1.80 bits per heavy atom. The van der Waals surface area contributed by atoms with Gasteiger partial charge in [-0.2, -0.15) is 0 Å². The standard InChI is InChI=1S/C19H20Cl2N2O2/c1-3-13-6-4-5-7-17(13)22-18(24)12-23(2)19(25)10-14-8-9-15(20)11-16(14)21/h4-9,11H,3,10,12H2,1-2H3,(H,22,24). The van der Waals surface area contributed by atoms with Crippen LogP contribution in [0.4, 0.5) is 5.69 Å². The van der Waals surface area contributed by atoms with E-state index in [1.165, 1.54) is 4.90 Å². The molecule has 132 valence electrons. The first kappa shape index (κ1) is 19.3. The molecular weight excluding hydrogens is 359 g/mol. The fourth-order valence-corrected chi connectivity index (χ4v) is 2.88. The Hall–Kier alpha value is -2.04. The van der Waals surface area contributed by atoms with Crippen molar-refractivity contribution in [1.82, 2.24) is 4.90 Å². The lowest BCUT2D eigenvalue weighted by atomic mass is 10.1. The molecule has 0 aliphatic rings. The molecule has 0 unspecified atom stereocenters. The summed E-state index contributed by atoms with van der Waals surface area (Å²) in [7, 11) is 1.59. The highest BCUT2D eigenvalue weighted by molar-refractivity contribution is 6.35. The van der Waals surface area contributed by atoms with Crippen molar-refractivity contribution in [2.45, 2.75) is 19.8 Å². The van der Waals surface area contributed by atoms with Gasteiger partial charge in [-0.05, 0) is 35.7 Å². The van der Waals surface area contributed by atoms with Crippen molar-refractivity contribution in [2.24, 2.45) is 0 Å². The van der Waals surface area contributed by atoms with Gasteiger partial charge in [-0.15, -0.1) is 0 Å². The SMILES string of the molecule is CCc1ccccc1NC(=O)CN(C)C(=O)Cc1ccc(Cl)cc1Cl. The van der Waals surface area contributed by atoms with E-state index < -0.39 is 0 Å². The predicted molar refractivity (Wildman–Crippen MR) is 102 cm³/mol. The number of rotatable bonds is 6. The van der Waals surface area contributed by atoms with E-state index in [-0.39, 0.29) is 24.8 Å². The van der Waals surface area contributed by atoms with Gasteiger partial charge in [0, 0.05) is 22.8 Å². The first-order chi connectivity index (χ1) is 11.9. The summed E-state index contributed by atoms with van der Waals surface area (Å²) in [5, 5.41) is 3.81. The molecule has 0 saturated heterocycles. The summed E-state index contributed by atoms with van der Waals surface area (Å²) in [6.45, 7) is 2.00. The van der Waals surface area contributed by atoms with E-state index in [0.29, 0.717) is 15.6 Å². The van der Waals surface area contributed by atoms with Crippen LogP contribution in [-0.4, -0.2) is 30.3 Å². The molecule has 2 rings (SSSR count). The molecule has 0 radical (unpaired) electrons. The molecule has 0 heterocycles. The number of nitrogens with one attached hydrogen (secondary N) is 1. The van der Waals surface area contributed by atoms with Crippen molar-refractivity contribution in [1.29, 1.82) is 0 Å². The molecule has 0 spiro atoms. The second kappa shape index (κ2) is 8.88. The normalized spacial score (nSPS) is 10.4. The molecule has 1 N–H and O–H groups in total. The molecule has 0 aromatic heterocycles. The van der Waals surface area contributed by atoms with Crippen molar-refractivity contribution in [3.8, 4) is 0 Å². The van der Waals surface area contributed by atoms with E-state index in [4.69, 9.17) is 23.2 Å². The largest absolute Gasteiger partial charge is 0.336 e. The molecule has 0 fully saturated rings. The molecule has 6 heteroatoms. The van der Waals surface area contributed by atoms with Crippen LogP contribution in [0.5, 0.6) is 0 Å². The Morgan fingerprint density at radius 1 is 1.08 bits per heavy atom. The average molecular weight is 379 g/mol. The molecule has 0 bridgehead atoms. The first-order valence-electron chi connectivity index (χ1n) is 7.96. The fraction of sp³-hybridized carbons (Fsp3) is 0.263. The van der Waals surface area contributed by atoms with Crippen LogP contribution in [-0.2, 0) is 22.4 Å². The number of carbonyl (C=O) groups is 2. The molecule has 2 aromatic carbocycles. The molecule has 0 aliphatic heterocycles. The zero-order chi connectivity index (χ0) is 18.4. The van der Waals surface area contributed by atoms with Crippen LogP contribution in [0.1, 0.15) is 18.1 Å². The van der Waals surface area contributed by atoms with Gasteiger partial charge in [-0.1, -0.05) is 54.4 Å². The number of benzene rings is 2. The third-order valence-electron chi connectivity index (χ3n) is 3.84. The zero-order valence-electron chi connectivity index (χ0n) is 14.2. The van der Waals surface area contributed by atoms with Crippen molar-refractivity contribution >= 4 is 40.7 Å². The maximum atomic E-state index is 12.3. The molecule has 0 atom stereocenters. The third kappa shape index (κ3) is 5.48. The topological polar surface area (TPSA) is 49.4 Å². The highest BCUT2D eigenvalue weighted by Crippen LogP contribution is 2.21. The molecule has 0 saturated carbocycles. The average Bonchev–Trinajstić information content (AvgIpc) is 2.57. The van der Waals surface area contributed by atoms with E-state index in [0.717, 1.165) is 17.7 Å². The number of amides is 2. The number of anilines is 1. The number of para-hydroxylation sites is 1. The summed E-state index contributed by atoms with van der Waals surface area (Å²) in [5.41, 5.74) is 2.51. The van der Waals surface area contributed by atoms with Crippen LogP contribution in [0.2, 0.25) is 10.0 Å². The van der Waals surface area contributed by atoms with Crippen molar-refractivity contribution in [3.63, 3.8) is 0 Å². The Morgan fingerprint density at radius 3 is 2.48 bits per heavy atom. The highest BCUT2D eigenvalue weighted by atomic mass is 35.5. The van der Waals surface area contributed by atoms with E-state index in [2.05, 4.69) is 5.32 Å².